The highest BCUT2D eigenvalue weighted by molar-refractivity contribution is 9.10. The summed E-state index contributed by atoms with van der Waals surface area (Å²) in [4.78, 5) is 0. The maximum atomic E-state index is 9.15. The quantitative estimate of drug-likeness (QED) is 0.905. The van der Waals surface area contributed by atoms with Gasteiger partial charge in [-0.15, -0.1) is 0 Å². The van der Waals surface area contributed by atoms with Crippen molar-refractivity contribution in [2.24, 2.45) is 0 Å². The zero-order chi connectivity index (χ0) is 11.4. The molecule has 2 rings (SSSR count). The van der Waals surface area contributed by atoms with E-state index < -0.39 is 0 Å². The summed E-state index contributed by atoms with van der Waals surface area (Å²) >= 11 is 3.25. The number of halogens is 1. The minimum absolute atomic E-state index is 0.0328. The fourth-order valence-corrected chi connectivity index (χ4v) is 1.80. The smallest absolute Gasteiger partial charge is 0.169 e. The molecule has 0 atom stereocenters. The minimum Gasteiger partial charge on any atom is -0.452 e. The van der Waals surface area contributed by atoms with E-state index >= 15 is 0 Å². The molecule has 0 saturated carbocycles. The van der Waals surface area contributed by atoms with Crippen LogP contribution in [0.1, 0.15) is 11.3 Å². The minimum atomic E-state index is 0.0328. The molecule has 1 heterocycles. The SMILES string of the molecule is OCc1ccccc1NCc1ccc(Br)o1. The summed E-state index contributed by atoms with van der Waals surface area (Å²) in [6.45, 7) is 0.633. The second kappa shape index (κ2) is 5.18. The van der Waals surface area contributed by atoms with E-state index in [1.807, 2.05) is 36.4 Å². The van der Waals surface area contributed by atoms with E-state index in [1.165, 1.54) is 0 Å². The van der Waals surface area contributed by atoms with Crippen molar-refractivity contribution in [1.29, 1.82) is 0 Å². The summed E-state index contributed by atoms with van der Waals surface area (Å²) < 4.78 is 6.09. The molecule has 0 fully saturated rings. The van der Waals surface area contributed by atoms with Crippen molar-refractivity contribution in [3.63, 3.8) is 0 Å². The van der Waals surface area contributed by atoms with Crippen LogP contribution < -0.4 is 5.32 Å². The molecule has 0 radical (unpaired) electrons. The van der Waals surface area contributed by atoms with E-state index in [2.05, 4.69) is 21.2 Å². The molecule has 2 aromatic rings. The number of hydrogen-bond acceptors (Lipinski definition) is 3. The average Bonchev–Trinajstić information content (AvgIpc) is 2.73. The van der Waals surface area contributed by atoms with Gasteiger partial charge >= 0.3 is 0 Å². The lowest BCUT2D eigenvalue weighted by Gasteiger charge is -2.08. The van der Waals surface area contributed by atoms with E-state index in [0.717, 1.165) is 21.7 Å². The Morgan fingerprint density at radius 1 is 1.19 bits per heavy atom. The molecule has 0 bridgehead atoms. The largest absolute Gasteiger partial charge is 0.452 e. The van der Waals surface area contributed by atoms with Crippen LogP contribution in [0.15, 0.2) is 45.5 Å². The zero-order valence-corrected chi connectivity index (χ0v) is 10.2. The number of furan rings is 1. The zero-order valence-electron chi connectivity index (χ0n) is 8.61. The molecule has 2 N–H and O–H groups in total. The van der Waals surface area contributed by atoms with Crippen LogP contribution in [0.3, 0.4) is 0 Å². The van der Waals surface area contributed by atoms with Crippen molar-refractivity contribution >= 4 is 21.6 Å². The van der Waals surface area contributed by atoms with Gasteiger partial charge in [0.05, 0.1) is 13.2 Å². The first kappa shape index (κ1) is 11.2. The van der Waals surface area contributed by atoms with Crippen molar-refractivity contribution in [3.8, 4) is 0 Å². The van der Waals surface area contributed by atoms with Gasteiger partial charge in [-0.05, 0) is 34.1 Å². The third-order valence-corrected chi connectivity index (χ3v) is 2.70. The van der Waals surface area contributed by atoms with Gasteiger partial charge in [0.15, 0.2) is 4.67 Å². The summed E-state index contributed by atoms with van der Waals surface area (Å²) in [6, 6.07) is 11.4. The lowest BCUT2D eigenvalue weighted by atomic mass is 10.2. The molecule has 3 nitrogen and oxygen atoms in total. The van der Waals surface area contributed by atoms with Gasteiger partial charge in [0.2, 0.25) is 0 Å². The maximum absolute atomic E-state index is 9.15. The van der Waals surface area contributed by atoms with Crippen molar-refractivity contribution < 1.29 is 9.52 Å². The number of benzene rings is 1. The molecule has 1 aromatic heterocycles. The molecule has 0 aliphatic heterocycles. The summed E-state index contributed by atoms with van der Waals surface area (Å²) in [7, 11) is 0. The van der Waals surface area contributed by atoms with Gasteiger partial charge in [-0.1, -0.05) is 18.2 Å². The number of para-hydroxylation sites is 1. The third kappa shape index (κ3) is 2.65. The Morgan fingerprint density at radius 2 is 2.00 bits per heavy atom. The molecule has 0 unspecified atom stereocenters. The van der Waals surface area contributed by atoms with E-state index in [9.17, 15) is 0 Å². The monoisotopic (exact) mass is 281 g/mol. The first-order chi connectivity index (χ1) is 7.79. The Balaban J connectivity index is 2.04. The predicted octanol–water partition coefficient (Wildman–Crippen LogP) is 3.15. The third-order valence-electron chi connectivity index (χ3n) is 2.27. The molecule has 0 saturated heterocycles. The standard InChI is InChI=1S/C12H12BrNO2/c13-12-6-5-10(16-12)7-14-11-4-2-1-3-9(11)8-15/h1-6,14-15H,7-8H2. The Bertz CT molecular complexity index is 468. The number of aliphatic hydroxyl groups excluding tert-OH is 1. The maximum Gasteiger partial charge on any atom is 0.169 e. The number of nitrogens with one attached hydrogen (secondary N) is 1. The summed E-state index contributed by atoms with van der Waals surface area (Å²) in [5.41, 5.74) is 1.81. The predicted molar refractivity (Wildman–Crippen MR) is 66.1 cm³/mol. The van der Waals surface area contributed by atoms with Crippen LogP contribution in [-0.4, -0.2) is 5.11 Å². The fraction of sp³-hybridized carbons (Fsp3) is 0.167. The van der Waals surface area contributed by atoms with Crippen LogP contribution in [0.5, 0.6) is 0 Å². The summed E-state index contributed by atoms with van der Waals surface area (Å²) in [5.74, 6) is 0.847. The van der Waals surface area contributed by atoms with Gasteiger partial charge in [-0.2, -0.15) is 0 Å². The van der Waals surface area contributed by atoms with Gasteiger partial charge in [-0.3, -0.25) is 0 Å². The molecule has 1 aromatic carbocycles. The lowest BCUT2D eigenvalue weighted by Crippen LogP contribution is -2.01. The molecule has 0 amide bonds. The van der Waals surface area contributed by atoms with Crippen LogP contribution in [0, 0.1) is 0 Å². The summed E-state index contributed by atoms with van der Waals surface area (Å²) in [6.07, 6.45) is 0. The molecule has 4 heteroatoms. The summed E-state index contributed by atoms with van der Waals surface area (Å²) in [5, 5.41) is 12.4. The van der Waals surface area contributed by atoms with Gasteiger partial charge < -0.3 is 14.8 Å². The molecule has 0 aliphatic rings. The number of hydrogen-bond donors (Lipinski definition) is 2. The number of anilines is 1. The molecule has 84 valence electrons. The second-order valence-electron chi connectivity index (χ2n) is 3.37. The van der Waals surface area contributed by atoms with Crippen molar-refractivity contribution in [2.45, 2.75) is 13.2 Å². The Hall–Kier alpha value is -1.26. The normalized spacial score (nSPS) is 10.4. The van der Waals surface area contributed by atoms with Gasteiger partial charge in [0.25, 0.3) is 0 Å². The molecule has 16 heavy (non-hydrogen) atoms. The van der Waals surface area contributed by atoms with E-state index in [4.69, 9.17) is 9.52 Å². The van der Waals surface area contributed by atoms with Crippen molar-refractivity contribution in [2.75, 3.05) is 5.32 Å². The van der Waals surface area contributed by atoms with Gasteiger partial charge in [0, 0.05) is 11.3 Å². The van der Waals surface area contributed by atoms with Crippen LogP contribution in [-0.2, 0) is 13.2 Å². The fourth-order valence-electron chi connectivity index (χ4n) is 1.46. The highest BCUT2D eigenvalue weighted by Crippen LogP contribution is 2.18. The first-order valence-electron chi connectivity index (χ1n) is 4.96. The van der Waals surface area contributed by atoms with Crippen LogP contribution >= 0.6 is 15.9 Å². The van der Waals surface area contributed by atoms with Gasteiger partial charge in [0.1, 0.15) is 5.76 Å². The Kier molecular flexibility index (Phi) is 3.64. The molecular weight excluding hydrogens is 270 g/mol. The Labute approximate surface area is 102 Å². The molecule has 0 spiro atoms. The average molecular weight is 282 g/mol. The van der Waals surface area contributed by atoms with E-state index in [-0.39, 0.29) is 6.61 Å². The van der Waals surface area contributed by atoms with Crippen LogP contribution in [0.4, 0.5) is 5.69 Å². The lowest BCUT2D eigenvalue weighted by molar-refractivity contribution is 0.282. The van der Waals surface area contributed by atoms with E-state index in [0.29, 0.717) is 6.54 Å². The molecule has 0 aliphatic carbocycles. The highest BCUT2D eigenvalue weighted by atomic mass is 79.9. The highest BCUT2D eigenvalue weighted by Gasteiger charge is 2.02. The number of aliphatic hydroxyl groups is 1. The van der Waals surface area contributed by atoms with Crippen LogP contribution in [0.25, 0.3) is 0 Å². The topological polar surface area (TPSA) is 45.4 Å². The van der Waals surface area contributed by atoms with Crippen LogP contribution in [0.2, 0.25) is 0 Å². The Morgan fingerprint density at radius 3 is 2.69 bits per heavy atom. The van der Waals surface area contributed by atoms with E-state index in [1.54, 1.807) is 0 Å². The van der Waals surface area contributed by atoms with Gasteiger partial charge in [-0.25, -0.2) is 0 Å². The molecular formula is C12H12BrNO2. The first-order valence-corrected chi connectivity index (χ1v) is 5.76. The van der Waals surface area contributed by atoms with Crippen molar-refractivity contribution in [1.82, 2.24) is 0 Å². The number of rotatable bonds is 4. The van der Waals surface area contributed by atoms with Crippen molar-refractivity contribution in [3.05, 3.63) is 52.4 Å². The second-order valence-corrected chi connectivity index (χ2v) is 4.16.